The molecule has 4 nitrogen and oxygen atoms in total. The van der Waals surface area contributed by atoms with Crippen molar-refractivity contribution in [3.8, 4) is 5.75 Å². The maximum absolute atomic E-state index is 10.4. The number of ether oxygens (including phenoxy) is 1. The van der Waals surface area contributed by atoms with Crippen LogP contribution in [0.3, 0.4) is 0 Å². The smallest absolute Gasteiger partial charge is 0.207 e. The average Bonchev–Trinajstić information content (AvgIpc) is 2.35. The van der Waals surface area contributed by atoms with Crippen LogP contribution in [0.5, 0.6) is 5.75 Å². The first-order valence-corrected chi connectivity index (χ1v) is 5.81. The zero-order chi connectivity index (χ0) is 12.5. The van der Waals surface area contributed by atoms with E-state index >= 15 is 0 Å². The predicted octanol–water partition coefficient (Wildman–Crippen LogP) is 1.64. The van der Waals surface area contributed by atoms with E-state index in [2.05, 4.69) is 5.32 Å². The largest absolute Gasteiger partial charge is 0.494 e. The number of rotatable bonds is 8. The van der Waals surface area contributed by atoms with Crippen LogP contribution >= 0.6 is 0 Å². The molecule has 1 atom stereocenters. The molecule has 94 valence electrons. The summed E-state index contributed by atoms with van der Waals surface area (Å²) in [5.41, 5.74) is 1.01. The van der Waals surface area contributed by atoms with Crippen LogP contribution in [0.25, 0.3) is 0 Å². The Labute approximate surface area is 102 Å². The fourth-order valence-electron chi connectivity index (χ4n) is 1.48. The number of carbonyl (C=O) groups excluding carboxylic acids is 1. The second-order valence-corrected chi connectivity index (χ2v) is 3.86. The van der Waals surface area contributed by atoms with E-state index in [1.165, 1.54) is 0 Å². The molecular formula is C13H19NO3. The zero-order valence-electron chi connectivity index (χ0n) is 10.1. The van der Waals surface area contributed by atoms with Crippen LogP contribution in [-0.2, 0) is 4.79 Å². The van der Waals surface area contributed by atoms with Gasteiger partial charge >= 0.3 is 0 Å². The van der Waals surface area contributed by atoms with Crippen LogP contribution in [0, 0.1) is 0 Å². The lowest BCUT2D eigenvalue weighted by Gasteiger charge is -2.12. The third-order valence-corrected chi connectivity index (χ3v) is 2.50. The van der Waals surface area contributed by atoms with Crippen molar-refractivity contribution in [3.05, 3.63) is 29.8 Å². The van der Waals surface area contributed by atoms with Crippen molar-refractivity contribution >= 4 is 6.41 Å². The molecule has 2 N–H and O–H groups in total. The number of hydrogen-bond donors (Lipinski definition) is 2. The van der Waals surface area contributed by atoms with Crippen molar-refractivity contribution < 1.29 is 14.6 Å². The number of carbonyl (C=O) groups is 1. The van der Waals surface area contributed by atoms with Gasteiger partial charge < -0.3 is 15.2 Å². The Bertz CT molecular complexity index is 341. The summed E-state index contributed by atoms with van der Waals surface area (Å²) >= 11 is 0. The molecule has 4 heteroatoms. The molecular weight excluding hydrogens is 218 g/mol. The predicted molar refractivity (Wildman–Crippen MR) is 65.9 cm³/mol. The van der Waals surface area contributed by atoms with E-state index in [9.17, 15) is 4.79 Å². The first-order valence-electron chi connectivity index (χ1n) is 5.81. The number of benzene rings is 1. The molecule has 0 aliphatic heterocycles. The molecule has 0 aliphatic rings. The van der Waals surface area contributed by atoms with Gasteiger partial charge in [-0.25, -0.2) is 0 Å². The molecule has 0 radical (unpaired) electrons. The minimum Gasteiger partial charge on any atom is -0.494 e. The van der Waals surface area contributed by atoms with Crippen LogP contribution in [0.2, 0.25) is 0 Å². The van der Waals surface area contributed by atoms with Crippen molar-refractivity contribution in [3.63, 3.8) is 0 Å². The Morgan fingerprint density at radius 1 is 1.47 bits per heavy atom. The van der Waals surface area contributed by atoms with E-state index < -0.39 is 0 Å². The Kier molecular flexibility index (Phi) is 6.10. The second-order valence-electron chi connectivity index (χ2n) is 3.86. The molecule has 0 aliphatic carbocycles. The van der Waals surface area contributed by atoms with Gasteiger partial charge in [0.2, 0.25) is 6.41 Å². The molecule has 1 rings (SSSR count). The SMILES string of the molecule is CC(NC=O)c1cccc(OCCCCO)c1. The van der Waals surface area contributed by atoms with Crippen molar-refractivity contribution in [2.24, 2.45) is 0 Å². The summed E-state index contributed by atoms with van der Waals surface area (Å²) in [7, 11) is 0. The summed E-state index contributed by atoms with van der Waals surface area (Å²) in [5.74, 6) is 0.792. The Balaban J connectivity index is 2.50. The third kappa shape index (κ3) is 4.87. The lowest BCUT2D eigenvalue weighted by atomic mass is 10.1. The summed E-state index contributed by atoms with van der Waals surface area (Å²) in [6, 6.07) is 7.63. The van der Waals surface area contributed by atoms with Gasteiger partial charge in [0.25, 0.3) is 0 Å². The highest BCUT2D eigenvalue weighted by atomic mass is 16.5. The van der Waals surface area contributed by atoms with Gasteiger partial charge in [-0.3, -0.25) is 4.79 Å². The Hall–Kier alpha value is -1.55. The minimum absolute atomic E-state index is 0.0199. The quantitative estimate of drug-likeness (QED) is 0.534. The monoisotopic (exact) mass is 237 g/mol. The number of aliphatic hydroxyl groups is 1. The molecule has 0 heterocycles. The van der Waals surface area contributed by atoms with E-state index in [-0.39, 0.29) is 12.6 Å². The van der Waals surface area contributed by atoms with Gasteiger partial charge in [-0.15, -0.1) is 0 Å². The summed E-state index contributed by atoms with van der Waals surface area (Å²) in [4.78, 5) is 10.4. The molecule has 1 aromatic rings. The van der Waals surface area contributed by atoms with Gasteiger partial charge in [0.15, 0.2) is 0 Å². The summed E-state index contributed by atoms with van der Waals surface area (Å²) in [6.07, 6.45) is 2.28. The first kappa shape index (κ1) is 13.5. The van der Waals surface area contributed by atoms with Gasteiger partial charge in [0.05, 0.1) is 12.6 Å². The summed E-state index contributed by atoms with van der Waals surface area (Å²) in [6.45, 7) is 2.71. The van der Waals surface area contributed by atoms with Crippen LogP contribution in [0.15, 0.2) is 24.3 Å². The van der Waals surface area contributed by atoms with Gasteiger partial charge in [-0.1, -0.05) is 12.1 Å². The van der Waals surface area contributed by atoms with Gasteiger partial charge in [0, 0.05) is 6.61 Å². The average molecular weight is 237 g/mol. The van der Waals surface area contributed by atoms with Crippen molar-refractivity contribution in [2.75, 3.05) is 13.2 Å². The van der Waals surface area contributed by atoms with Gasteiger partial charge in [0.1, 0.15) is 5.75 Å². The molecule has 0 aromatic heterocycles. The molecule has 1 amide bonds. The van der Waals surface area contributed by atoms with Crippen molar-refractivity contribution in [1.29, 1.82) is 0 Å². The minimum atomic E-state index is -0.0199. The zero-order valence-corrected chi connectivity index (χ0v) is 10.1. The Morgan fingerprint density at radius 2 is 2.29 bits per heavy atom. The van der Waals surface area contributed by atoms with E-state index in [4.69, 9.17) is 9.84 Å². The standard InChI is InChI=1S/C13H19NO3/c1-11(14-10-16)12-5-4-6-13(9-12)17-8-3-2-7-15/h4-6,9-11,15H,2-3,7-8H2,1H3,(H,14,16). The molecule has 1 unspecified atom stereocenters. The normalized spacial score (nSPS) is 11.9. The molecule has 0 saturated heterocycles. The molecule has 0 spiro atoms. The highest BCUT2D eigenvalue weighted by molar-refractivity contribution is 5.48. The maximum atomic E-state index is 10.4. The molecule has 0 saturated carbocycles. The highest BCUT2D eigenvalue weighted by Crippen LogP contribution is 2.18. The van der Waals surface area contributed by atoms with Crippen molar-refractivity contribution in [1.82, 2.24) is 5.32 Å². The second kappa shape index (κ2) is 7.68. The molecule has 17 heavy (non-hydrogen) atoms. The van der Waals surface area contributed by atoms with E-state index in [0.29, 0.717) is 13.0 Å². The third-order valence-electron chi connectivity index (χ3n) is 2.50. The van der Waals surface area contributed by atoms with E-state index in [1.807, 2.05) is 31.2 Å². The van der Waals surface area contributed by atoms with Crippen LogP contribution in [-0.4, -0.2) is 24.7 Å². The number of unbranched alkanes of at least 4 members (excludes halogenated alkanes) is 1. The van der Waals surface area contributed by atoms with Gasteiger partial charge in [-0.05, 0) is 37.5 Å². The number of amides is 1. The number of nitrogens with one attached hydrogen (secondary N) is 1. The first-order chi connectivity index (χ1) is 8.27. The van der Waals surface area contributed by atoms with Gasteiger partial charge in [-0.2, -0.15) is 0 Å². The highest BCUT2D eigenvalue weighted by Gasteiger charge is 2.04. The lowest BCUT2D eigenvalue weighted by Crippen LogP contribution is -2.16. The molecule has 0 bridgehead atoms. The van der Waals surface area contributed by atoms with Crippen molar-refractivity contribution in [2.45, 2.75) is 25.8 Å². The van der Waals surface area contributed by atoms with E-state index in [0.717, 1.165) is 24.2 Å². The van der Waals surface area contributed by atoms with Crippen LogP contribution < -0.4 is 10.1 Å². The molecule has 0 fully saturated rings. The van der Waals surface area contributed by atoms with Crippen LogP contribution in [0.4, 0.5) is 0 Å². The van der Waals surface area contributed by atoms with Crippen LogP contribution in [0.1, 0.15) is 31.4 Å². The lowest BCUT2D eigenvalue weighted by molar-refractivity contribution is -0.110. The number of aliphatic hydroxyl groups excluding tert-OH is 1. The Morgan fingerprint density at radius 3 is 3.00 bits per heavy atom. The fourth-order valence-corrected chi connectivity index (χ4v) is 1.48. The fraction of sp³-hybridized carbons (Fsp3) is 0.462. The topological polar surface area (TPSA) is 58.6 Å². The number of hydrogen-bond acceptors (Lipinski definition) is 3. The van der Waals surface area contributed by atoms with E-state index in [1.54, 1.807) is 0 Å². The maximum Gasteiger partial charge on any atom is 0.207 e. The summed E-state index contributed by atoms with van der Waals surface area (Å²) in [5, 5.41) is 11.3. The summed E-state index contributed by atoms with van der Waals surface area (Å²) < 4.78 is 5.55. The molecule has 1 aromatic carbocycles.